The topological polar surface area (TPSA) is 78.6 Å². The Morgan fingerprint density at radius 2 is 1.85 bits per heavy atom. The van der Waals surface area contributed by atoms with Crippen LogP contribution in [0.15, 0.2) is 49.1 Å². The van der Waals surface area contributed by atoms with Crippen LogP contribution in [0.2, 0.25) is 0 Å². The Hall–Kier alpha value is -3.56. The summed E-state index contributed by atoms with van der Waals surface area (Å²) in [5.41, 5.74) is -0.138. The Labute approximate surface area is 150 Å². The Kier molecular flexibility index (Phi) is 3.94. The second kappa shape index (κ2) is 6.31. The first-order valence-electron chi connectivity index (χ1n) is 7.71. The van der Waals surface area contributed by atoms with E-state index >= 15 is 0 Å². The van der Waals surface area contributed by atoms with Crippen molar-refractivity contribution < 1.29 is 17.9 Å². The minimum absolute atomic E-state index is 0.0723. The molecule has 4 rings (SSSR count). The van der Waals surface area contributed by atoms with E-state index in [0.29, 0.717) is 23.2 Å². The molecule has 27 heavy (non-hydrogen) atoms. The molecule has 0 aromatic carbocycles. The van der Waals surface area contributed by atoms with E-state index in [0.717, 1.165) is 12.3 Å². The summed E-state index contributed by atoms with van der Waals surface area (Å²) in [7, 11) is 1.45. The third kappa shape index (κ3) is 3.05. The molecule has 4 aromatic rings. The number of nitrogens with zero attached hydrogens (tertiary/aromatic N) is 6. The first kappa shape index (κ1) is 16.9. The summed E-state index contributed by atoms with van der Waals surface area (Å²) in [6.07, 6.45) is 0.627. The van der Waals surface area contributed by atoms with Crippen LogP contribution in [0.3, 0.4) is 0 Å². The smallest absolute Gasteiger partial charge is 0.417 e. The van der Waals surface area contributed by atoms with Crippen LogP contribution < -0.4 is 4.74 Å². The molecule has 10 heteroatoms. The number of ether oxygens (including phenoxy) is 1. The largest absolute Gasteiger partial charge is 0.480 e. The van der Waals surface area contributed by atoms with Crippen molar-refractivity contribution in [2.75, 3.05) is 7.11 Å². The maximum absolute atomic E-state index is 13.0. The van der Waals surface area contributed by atoms with E-state index in [1.807, 2.05) is 0 Å². The molecule has 4 aromatic heterocycles. The molecule has 7 nitrogen and oxygen atoms in total. The number of imidazole rings is 1. The molecule has 0 amide bonds. The van der Waals surface area contributed by atoms with Crippen molar-refractivity contribution in [2.24, 2.45) is 0 Å². The van der Waals surface area contributed by atoms with E-state index < -0.39 is 11.7 Å². The van der Waals surface area contributed by atoms with Crippen LogP contribution in [0.4, 0.5) is 13.2 Å². The number of methoxy groups -OCH3 is 1. The maximum atomic E-state index is 13.0. The second-order valence-electron chi connectivity index (χ2n) is 5.47. The van der Waals surface area contributed by atoms with Gasteiger partial charge in [0.1, 0.15) is 11.2 Å². The Morgan fingerprint density at radius 1 is 1.00 bits per heavy atom. The molecule has 0 bridgehead atoms. The number of hydrogen-bond donors (Lipinski definition) is 0. The zero-order chi connectivity index (χ0) is 19.0. The first-order valence-corrected chi connectivity index (χ1v) is 7.71. The van der Waals surface area contributed by atoms with Gasteiger partial charge in [0.15, 0.2) is 17.3 Å². The van der Waals surface area contributed by atoms with Gasteiger partial charge in [0.05, 0.1) is 25.1 Å². The minimum Gasteiger partial charge on any atom is -0.480 e. The average Bonchev–Trinajstić information content (AvgIpc) is 3.07. The lowest BCUT2D eigenvalue weighted by Crippen LogP contribution is -2.06. The summed E-state index contributed by atoms with van der Waals surface area (Å²) in [5.74, 6) is 0.929. The molecule has 0 atom stereocenters. The van der Waals surface area contributed by atoms with Crippen LogP contribution in [0.1, 0.15) is 5.56 Å². The highest BCUT2D eigenvalue weighted by Crippen LogP contribution is 2.32. The van der Waals surface area contributed by atoms with Gasteiger partial charge in [0.2, 0.25) is 5.88 Å². The lowest BCUT2D eigenvalue weighted by Gasteiger charge is -2.08. The highest BCUT2D eigenvalue weighted by molar-refractivity contribution is 5.79. The quantitative estimate of drug-likeness (QED) is 0.549. The molecule has 0 unspecified atom stereocenters. The molecular formula is C17H11F3N6O. The number of hydrogen-bond acceptors (Lipinski definition) is 6. The van der Waals surface area contributed by atoms with E-state index in [2.05, 4.69) is 24.9 Å². The predicted octanol–water partition coefficient (Wildman–Crippen LogP) is 3.30. The van der Waals surface area contributed by atoms with Gasteiger partial charge < -0.3 is 4.74 Å². The Morgan fingerprint density at radius 3 is 2.48 bits per heavy atom. The summed E-state index contributed by atoms with van der Waals surface area (Å²) in [6, 6.07) is 6.12. The van der Waals surface area contributed by atoms with Gasteiger partial charge in [-0.3, -0.25) is 9.55 Å². The number of alkyl halides is 3. The monoisotopic (exact) mass is 372 g/mol. The van der Waals surface area contributed by atoms with E-state index in [1.165, 1.54) is 24.1 Å². The fourth-order valence-corrected chi connectivity index (χ4v) is 2.53. The predicted molar refractivity (Wildman–Crippen MR) is 89.2 cm³/mol. The highest BCUT2D eigenvalue weighted by atomic mass is 19.4. The lowest BCUT2D eigenvalue weighted by molar-refractivity contribution is -0.137. The molecule has 0 fully saturated rings. The lowest BCUT2D eigenvalue weighted by atomic mass is 10.2. The fourth-order valence-electron chi connectivity index (χ4n) is 2.53. The maximum Gasteiger partial charge on any atom is 0.417 e. The van der Waals surface area contributed by atoms with Crippen molar-refractivity contribution in [3.05, 3.63) is 54.6 Å². The number of fused-ring (bicyclic) bond motifs is 1. The van der Waals surface area contributed by atoms with Gasteiger partial charge >= 0.3 is 6.18 Å². The average molecular weight is 372 g/mol. The summed E-state index contributed by atoms with van der Waals surface area (Å²) >= 11 is 0. The minimum atomic E-state index is -4.52. The number of pyridine rings is 2. The van der Waals surface area contributed by atoms with Crippen LogP contribution in [-0.2, 0) is 6.18 Å². The van der Waals surface area contributed by atoms with E-state index in [1.54, 1.807) is 24.4 Å². The SMILES string of the molecule is COc1cnc(-n2c(-c3ccccn3)nc3cc(C(F)(F)F)cnc32)cn1. The van der Waals surface area contributed by atoms with Crippen molar-refractivity contribution in [1.29, 1.82) is 0 Å². The van der Waals surface area contributed by atoms with Crippen molar-refractivity contribution >= 4 is 11.2 Å². The molecule has 0 aliphatic carbocycles. The normalized spacial score (nSPS) is 11.7. The van der Waals surface area contributed by atoms with Gasteiger partial charge in [0.25, 0.3) is 0 Å². The Bertz CT molecular complexity index is 1090. The van der Waals surface area contributed by atoms with Crippen LogP contribution in [0, 0.1) is 0 Å². The molecule has 0 spiro atoms. The van der Waals surface area contributed by atoms with Crippen molar-refractivity contribution in [3.63, 3.8) is 0 Å². The first-order chi connectivity index (χ1) is 13.0. The molecule has 0 saturated heterocycles. The van der Waals surface area contributed by atoms with Crippen molar-refractivity contribution in [3.8, 4) is 23.2 Å². The summed E-state index contributed by atoms with van der Waals surface area (Å²) in [5, 5.41) is 0. The van der Waals surface area contributed by atoms with Crippen LogP contribution in [-0.4, -0.2) is 36.6 Å². The van der Waals surface area contributed by atoms with E-state index in [4.69, 9.17) is 4.74 Å². The summed E-state index contributed by atoms with van der Waals surface area (Å²) in [4.78, 5) is 20.8. The van der Waals surface area contributed by atoms with Gasteiger partial charge in [-0.2, -0.15) is 13.2 Å². The van der Waals surface area contributed by atoms with Gasteiger partial charge in [-0.25, -0.2) is 19.9 Å². The fraction of sp³-hybridized carbons (Fsp3) is 0.118. The molecular weight excluding hydrogens is 361 g/mol. The standard InChI is InChI=1S/C17H11F3N6O/c1-27-14-9-22-13(8-23-14)26-15-12(6-10(7-24-15)17(18,19)20)25-16(26)11-4-2-3-5-21-11/h2-9H,1H3. The van der Waals surface area contributed by atoms with Gasteiger partial charge in [-0.05, 0) is 18.2 Å². The molecule has 4 heterocycles. The number of halogens is 3. The number of rotatable bonds is 3. The molecule has 0 aliphatic rings. The van der Waals surface area contributed by atoms with Crippen molar-refractivity contribution in [2.45, 2.75) is 6.18 Å². The molecule has 0 radical (unpaired) electrons. The molecule has 0 saturated carbocycles. The van der Waals surface area contributed by atoms with Crippen LogP contribution in [0.5, 0.6) is 5.88 Å². The Balaban J connectivity index is 1.98. The highest BCUT2D eigenvalue weighted by Gasteiger charge is 2.32. The zero-order valence-corrected chi connectivity index (χ0v) is 13.8. The van der Waals surface area contributed by atoms with Gasteiger partial charge in [-0.15, -0.1) is 0 Å². The van der Waals surface area contributed by atoms with Crippen LogP contribution in [0.25, 0.3) is 28.5 Å². The van der Waals surface area contributed by atoms with Crippen LogP contribution >= 0.6 is 0 Å². The molecule has 136 valence electrons. The zero-order valence-electron chi connectivity index (χ0n) is 13.8. The van der Waals surface area contributed by atoms with Crippen molar-refractivity contribution in [1.82, 2.24) is 29.5 Å². The summed E-state index contributed by atoms with van der Waals surface area (Å²) < 4.78 is 45.6. The molecule has 0 aliphatic heterocycles. The van der Waals surface area contributed by atoms with Gasteiger partial charge in [-0.1, -0.05) is 6.07 Å². The third-order valence-corrected chi connectivity index (χ3v) is 3.77. The summed E-state index contributed by atoms with van der Waals surface area (Å²) in [6.45, 7) is 0. The molecule has 0 N–H and O–H groups in total. The third-order valence-electron chi connectivity index (χ3n) is 3.77. The second-order valence-corrected chi connectivity index (χ2v) is 5.47. The number of aromatic nitrogens is 6. The van der Waals surface area contributed by atoms with E-state index in [-0.39, 0.29) is 11.2 Å². The van der Waals surface area contributed by atoms with E-state index in [9.17, 15) is 13.2 Å². The van der Waals surface area contributed by atoms with Gasteiger partial charge in [0, 0.05) is 12.4 Å².